The van der Waals surface area contributed by atoms with Crippen molar-refractivity contribution in [2.75, 3.05) is 20.1 Å². The Kier molecular flexibility index (Phi) is 6.17. The number of hydrogen-bond donors (Lipinski definition) is 1. The predicted molar refractivity (Wildman–Crippen MR) is 149 cm³/mol. The quantitative estimate of drug-likeness (QED) is 0.297. The number of carbonyl (C=O) groups excluding carboxylic acids is 2. The van der Waals surface area contributed by atoms with Crippen LogP contribution >= 0.6 is 0 Å². The van der Waals surface area contributed by atoms with Gasteiger partial charge in [0.2, 0.25) is 0 Å². The standard InChI is InChI=1S/C31H28F2N4O3/c1-16-28(18(3)40-35-16)21-12-25(30(38)34-4)29-24-11-20(31(39)36-14-23(33)15-36)7-10-26(24)37(27(29)13-21)17(2)19-5-8-22(32)9-6-19/h5-13,17,23H,14-15H2,1-4H3,(H,34,38). The van der Waals surface area contributed by atoms with E-state index in [1.54, 1.807) is 31.3 Å². The number of carbonyl (C=O) groups is 2. The van der Waals surface area contributed by atoms with Crippen LogP contribution in [0.25, 0.3) is 32.9 Å². The van der Waals surface area contributed by atoms with Crippen LogP contribution in [0.4, 0.5) is 8.78 Å². The topological polar surface area (TPSA) is 80.4 Å². The van der Waals surface area contributed by atoms with Crippen molar-refractivity contribution in [1.82, 2.24) is 19.9 Å². The highest BCUT2D eigenvalue weighted by molar-refractivity contribution is 6.20. The van der Waals surface area contributed by atoms with Gasteiger partial charge in [-0.1, -0.05) is 17.3 Å². The fourth-order valence-corrected chi connectivity index (χ4v) is 5.74. The maximum atomic E-state index is 13.8. The van der Waals surface area contributed by atoms with E-state index < -0.39 is 6.17 Å². The van der Waals surface area contributed by atoms with Gasteiger partial charge in [-0.25, -0.2) is 8.78 Å². The molecule has 1 fully saturated rings. The molecule has 2 aromatic heterocycles. The number of fused-ring (bicyclic) bond motifs is 3. The molecule has 2 amide bonds. The second-order valence-corrected chi connectivity index (χ2v) is 10.3. The number of aryl methyl sites for hydroxylation is 2. The number of nitrogens with zero attached hydrogens (tertiary/aromatic N) is 3. The molecule has 1 aliphatic heterocycles. The van der Waals surface area contributed by atoms with Crippen LogP contribution in [0, 0.1) is 19.7 Å². The van der Waals surface area contributed by atoms with Crippen LogP contribution in [0.15, 0.2) is 59.1 Å². The van der Waals surface area contributed by atoms with Gasteiger partial charge in [-0.15, -0.1) is 0 Å². The van der Waals surface area contributed by atoms with Gasteiger partial charge >= 0.3 is 0 Å². The molecule has 0 radical (unpaired) electrons. The van der Waals surface area contributed by atoms with Crippen LogP contribution < -0.4 is 5.32 Å². The Morgan fingerprint density at radius 1 is 1.05 bits per heavy atom. The molecule has 7 nitrogen and oxygen atoms in total. The molecular weight excluding hydrogens is 514 g/mol. The second kappa shape index (κ2) is 9.59. The van der Waals surface area contributed by atoms with Crippen molar-refractivity contribution in [2.45, 2.75) is 33.0 Å². The lowest BCUT2D eigenvalue weighted by molar-refractivity contribution is 0.0400. The lowest BCUT2D eigenvalue weighted by Gasteiger charge is -2.34. The summed E-state index contributed by atoms with van der Waals surface area (Å²) in [5.74, 6) is -0.239. The van der Waals surface area contributed by atoms with E-state index in [9.17, 15) is 18.4 Å². The van der Waals surface area contributed by atoms with Gasteiger partial charge in [-0.05, 0) is 74.4 Å². The third kappa shape index (κ3) is 4.04. The minimum atomic E-state index is -1.01. The molecule has 9 heteroatoms. The first-order valence-electron chi connectivity index (χ1n) is 13.1. The molecule has 3 heterocycles. The summed E-state index contributed by atoms with van der Waals surface area (Å²) in [6.07, 6.45) is -1.01. The highest BCUT2D eigenvalue weighted by atomic mass is 19.1. The maximum absolute atomic E-state index is 13.8. The molecule has 0 bridgehead atoms. The third-order valence-electron chi connectivity index (χ3n) is 7.81. The van der Waals surface area contributed by atoms with Gasteiger partial charge in [-0.3, -0.25) is 9.59 Å². The average Bonchev–Trinajstić information content (AvgIpc) is 3.45. The van der Waals surface area contributed by atoms with Crippen molar-refractivity contribution in [3.05, 3.63) is 88.6 Å². The summed E-state index contributed by atoms with van der Waals surface area (Å²) < 4.78 is 34.8. The smallest absolute Gasteiger partial charge is 0.254 e. The molecule has 0 aliphatic carbocycles. The molecule has 1 atom stereocenters. The molecular formula is C31H28F2N4O3. The Morgan fingerprint density at radius 2 is 1.77 bits per heavy atom. The average molecular weight is 543 g/mol. The Bertz CT molecular complexity index is 1780. The van der Waals surface area contributed by atoms with E-state index in [-0.39, 0.29) is 36.8 Å². The summed E-state index contributed by atoms with van der Waals surface area (Å²) in [5.41, 5.74) is 5.56. The summed E-state index contributed by atoms with van der Waals surface area (Å²) in [4.78, 5) is 27.9. The van der Waals surface area contributed by atoms with Crippen LogP contribution in [-0.2, 0) is 0 Å². The number of aromatic nitrogens is 2. The first kappa shape index (κ1) is 25.7. The largest absolute Gasteiger partial charge is 0.361 e. The van der Waals surface area contributed by atoms with E-state index in [4.69, 9.17) is 4.52 Å². The van der Waals surface area contributed by atoms with Gasteiger partial charge in [0.15, 0.2) is 0 Å². The van der Waals surface area contributed by atoms with Crippen molar-refractivity contribution >= 4 is 33.6 Å². The Morgan fingerprint density at radius 3 is 2.40 bits per heavy atom. The molecule has 1 unspecified atom stereocenters. The Labute approximate surface area is 229 Å². The van der Waals surface area contributed by atoms with Gasteiger partial charge in [0.25, 0.3) is 11.8 Å². The van der Waals surface area contributed by atoms with E-state index in [2.05, 4.69) is 15.0 Å². The minimum Gasteiger partial charge on any atom is -0.361 e. The number of halogens is 2. The third-order valence-corrected chi connectivity index (χ3v) is 7.81. The van der Waals surface area contributed by atoms with Gasteiger partial charge in [0, 0.05) is 40.0 Å². The summed E-state index contributed by atoms with van der Waals surface area (Å²) >= 11 is 0. The zero-order valence-electron chi connectivity index (χ0n) is 22.6. The Balaban J connectivity index is 1.67. The fourth-order valence-electron chi connectivity index (χ4n) is 5.74. The molecule has 0 saturated carbocycles. The molecule has 5 aromatic rings. The van der Waals surface area contributed by atoms with Crippen LogP contribution in [0.2, 0.25) is 0 Å². The van der Waals surface area contributed by atoms with E-state index >= 15 is 0 Å². The Hall–Kier alpha value is -4.53. The number of likely N-dealkylation sites (tertiary alicyclic amines) is 1. The van der Waals surface area contributed by atoms with Gasteiger partial charge < -0.3 is 19.3 Å². The summed E-state index contributed by atoms with van der Waals surface area (Å²) in [6.45, 7) is 5.83. The van der Waals surface area contributed by atoms with Gasteiger partial charge in [-0.2, -0.15) is 0 Å². The lowest BCUT2D eigenvalue weighted by atomic mass is 9.96. The van der Waals surface area contributed by atoms with Crippen LogP contribution in [-0.4, -0.2) is 52.7 Å². The number of rotatable bonds is 5. The number of nitrogens with one attached hydrogen (secondary N) is 1. The van der Waals surface area contributed by atoms with Crippen LogP contribution in [0.3, 0.4) is 0 Å². The van der Waals surface area contributed by atoms with E-state index in [0.29, 0.717) is 28.0 Å². The van der Waals surface area contributed by atoms with Gasteiger partial charge in [0.05, 0.1) is 30.3 Å². The molecule has 1 saturated heterocycles. The number of amides is 2. The highest BCUT2D eigenvalue weighted by Crippen LogP contribution is 2.40. The second-order valence-electron chi connectivity index (χ2n) is 10.3. The van der Waals surface area contributed by atoms with Crippen molar-refractivity contribution in [2.24, 2.45) is 0 Å². The molecule has 204 valence electrons. The predicted octanol–water partition coefficient (Wildman–Crippen LogP) is 5.97. The molecule has 1 aliphatic rings. The number of alkyl halides is 1. The van der Waals surface area contributed by atoms with Crippen molar-refractivity contribution in [3.8, 4) is 11.1 Å². The zero-order chi connectivity index (χ0) is 28.3. The molecule has 40 heavy (non-hydrogen) atoms. The van der Waals surface area contributed by atoms with E-state index in [1.165, 1.54) is 17.0 Å². The lowest BCUT2D eigenvalue weighted by Crippen LogP contribution is -2.51. The summed E-state index contributed by atoms with van der Waals surface area (Å²) in [5, 5.41) is 8.25. The normalized spacial score (nSPS) is 14.5. The molecule has 6 rings (SSSR count). The monoisotopic (exact) mass is 542 g/mol. The van der Waals surface area contributed by atoms with Gasteiger partial charge in [0.1, 0.15) is 17.7 Å². The fraction of sp³-hybridized carbons (Fsp3) is 0.258. The molecule has 1 N–H and O–H groups in total. The summed E-state index contributed by atoms with van der Waals surface area (Å²) in [6, 6.07) is 15.3. The highest BCUT2D eigenvalue weighted by Gasteiger charge is 2.32. The van der Waals surface area contributed by atoms with Crippen LogP contribution in [0.1, 0.15) is 50.7 Å². The molecule has 3 aromatic carbocycles. The van der Waals surface area contributed by atoms with Crippen molar-refractivity contribution in [1.29, 1.82) is 0 Å². The van der Waals surface area contributed by atoms with Crippen molar-refractivity contribution < 1.29 is 22.9 Å². The molecule has 0 spiro atoms. The van der Waals surface area contributed by atoms with Crippen LogP contribution in [0.5, 0.6) is 0 Å². The van der Waals surface area contributed by atoms with Crippen molar-refractivity contribution in [3.63, 3.8) is 0 Å². The zero-order valence-corrected chi connectivity index (χ0v) is 22.6. The number of benzene rings is 3. The number of hydrogen-bond acceptors (Lipinski definition) is 4. The first-order valence-corrected chi connectivity index (χ1v) is 13.1. The summed E-state index contributed by atoms with van der Waals surface area (Å²) in [7, 11) is 1.57. The first-order chi connectivity index (χ1) is 19.2. The van der Waals surface area contributed by atoms with E-state index in [0.717, 1.165) is 33.1 Å². The minimum absolute atomic E-state index is 0.0739. The maximum Gasteiger partial charge on any atom is 0.254 e. The van der Waals surface area contributed by atoms with E-state index in [1.807, 2.05) is 39.0 Å². The SMILES string of the molecule is CNC(=O)c1cc(-c2c(C)noc2C)cc2c1c1cc(C(=O)N3CC(F)C3)ccc1n2C(C)c1ccc(F)cc1.